The molecule has 1 aliphatic carbocycles. The summed E-state index contributed by atoms with van der Waals surface area (Å²) >= 11 is 0. The van der Waals surface area contributed by atoms with E-state index < -0.39 is 5.97 Å². The number of carbonyl (C=O) groups is 1. The van der Waals surface area contributed by atoms with Gasteiger partial charge in [-0.1, -0.05) is 50.1 Å². The first-order valence-corrected chi connectivity index (χ1v) is 13.5. The monoisotopic (exact) mass is 519 g/mol. The smallest absolute Gasteiger partial charge is 0.303 e. The summed E-state index contributed by atoms with van der Waals surface area (Å²) in [5, 5.41) is 8.91. The first-order valence-electron chi connectivity index (χ1n) is 13.5. The first kappa shape index (κ1) is 27.6. The Labute approximate surface area is 225 Å². The Hall–Kier alpha value is -3.38. The maximum atomic E-state index is 14.8. The predicted molar refractivity (Wildman–Crippen MR) is 148 cm³/mol. The van der Waals surface area contributed by atoms with Gasteiger partial charge in [-0.15, -0.1) is 0 Å². The summed E-state index contributed by atoms with van der Waals surface area (Å²) in [6.45, 7) is 5.49. The number of halogens is 1. The molecule has 2 aliphatic rings. The minimum absolute atomic E-state index is 0.0889. The van der Waals surface area contributed by atoms with Crippen molar-refractivity contribution in [1.29, 1.82) is 0 Å². The highest BCUT2D eigenvalue weighted by atomic mass is 19.1. The summed E-state index contributed by atoms with van der Waals surface area (Å²) in [7, 11) is 1.58. The Morgan fingerprint density at radius 1 is 0.974 bits per heavy atom. The number of benzene rings is 3. The van der Waals surface area contributed by atoms with Crippen molar-refractivity contribution in [3.05, 3.63) is 83.2 Å². The van der Waals surface area contributed by atoms with Gasteiger partial charge in [0.2, 0.25) is 0 Å². The number of rotatable bonds is 10. The van der Waals surface area contributed by atoms with E-state index >= 15 is 0 Å². The molecule has 0 atom stereocenters. The van der Waals surface area contributed by atoms with Crippen LogP contribution in [0.25, 0.3) is 11.1 Å². The molecule has 3 aromatic carbocycles. The van der Waals surface area contributed by atoms with Crippen molar-refractivity contribution in [2.75, 3.05) is 20.2 Å². The Balaban J connectivity index is 0.000000768. The molecule has 1 saturated heterocycles. The van der Waals surface area contributed by atoms with E-state index in [4.69, 9.17) is 14.6 Å². The van der Waals surface area contributed by atoms with E-state index in [1.54, 1.807) is 19.2 Å². The molecule has 1 saturated carbocycles. The third kappa shape index (κ3) is 8.32. The van der Waals surface area contributed by atoms with E-state index in [0.717, 1.165) is 47.8 Å². The minimum atomic E-state index is -0.815. The maximum absolute atomic E-state index is 14.8. The molecule has 0 radical (unpaired) electrons. The summed E-state index contributed by atoms with van der Waals surface area (Å²) in [4.78, 5) is 13.2. The van der Waals surface area contributed by atoms with Crippen LogP contribution in [-0.2, 0) is 24.4 Å². The number of aryl methyl sites for hydroxylation is 1. The van der Waals surface area contributed by atoms with Crippen molar-refractivity contribution >= 4 is 5.97 Å². The standard InChI is InChI=1S/C28H30FNO4.C4H8/c1-33-23-9-11-27(29)26(17-23)25-10-7-21(15-22(25)18-30-13-2-3-14-30)19-34-24-6-4-5-20(16-24)8-12-28(31)32;1-4-2-3-4/h4-7,9-11,15-17H,2-3,8,12-14,18-19H2,1H3,(H,31,32);4H,2-3H2,1H3. The van der Waals surface area contributed by atoms with Crippen molar-refractivity contribution in [2.45, 2.75) is 58.6 Å². The molecular formula is C32H38FNO4. The van der Waals surface area contributed by atoms with Crippen LogP contribution in [-0.4, -0.2) is 36.2 Å². The van der Waals surface area contributed by atoms with Gasteiger partial charge in [-0.05, 0) is 90.9 Å². The van der Waals surface area contributed by atoms with Crippen molar-refractivity contribution < 1.29 is 23.8 Å². The number of hydrogen-bond donors (Lipinski definition) is 1. The van der Waals surface area contributed by atoms with Gasteiger partial charge in [0, 0.05) is 18.5 Å². The molecule has 38 heavy (non-hydrogen) atoms. The fourth-order valence-corrected chi connectivity index (χ4v) is 4.53. The summed E-state index contributed by atoms with van der Waals surface area (Å²) < 4.78 is 26.1. The van der Waals surface area contributed by atoms with Gasteiger partial charge < -0.3 is 14.6 Å². The Kier molecular flexibility index (Phi) is 9.77. The van der Waals surface area contributed by atoms with E-state index in [9.17, 15) is 9.18 Å². The molecule has 0 bridgehead atoms. The zero-order valence-electron chi connectivity index (χ0n) is 22.4. The molecule has 2 fully saturated rings. The van der Waals surface area contributed by atoms with E-state index in [0.29, 0.717) is 30.1 Å². The van der Waals surface area contributed by atoms with Crippen LogP contribution in [0.1, 0.15) is 55.7 Å². The number of methoxy groups -OCH3 is 1. The van der Waals surface area contributed by atoms with Gasteiger partial charge >= 0.3 is 5.97 Å². The van der Waals surface area contributed by atoms with Gasteiger partial charge in [-0.2, -0.15) is 0 Å². The van der Waals surface area contributed by atoms with Crippen LogP contribution >= 0.6 is 0 Å². The van der Waals surface area contributed by atoms with Gasteiger partial charge in [0.05, 0.1) is 7.11 Å². The van der Waals surface area contributed by atoms with Crippen molar-refractivity contribution in [2.24, 2.45) is 5.92 Å². The predicted octanol–water partition coefficient (Wildman–Crippen LogP) is 7.11. The normalized spacial score (nSPS) is 15.0. The van der Waals surface area contributed by atoms with Crippen molar-refractivity contribution in [1.82, 2.24) is 4.90 Å². The number of aliphatic carboxylic acids is 1. The Morgan fingerprint density at radius 3 is 2.42 bits per heavy atom. The molecule has 1 aliphatic heterocycles. The molecule has 1 N–H and O–H groups in total. The van der Waals surface area contributed by atoms with Crippen LogP contribution in [0, 0.1) is 11.7 Å². The molecular weight excluding hydrogens is 481 g/mol. The molecule has 6 heteroatoms. The van der Waals surface area contributed by atoms with Gasteiger partial charge in [-0.25, -0.2) is 4.39 Å². The Bertz CT molecular complexity index is 1220. The quantitative estimate of drug-likeness (QED) is 0.309. The summed E-state index contributed by atoms with van der Waals surface area (Å²) in [5.41, 5.74) is 4.39. The highest BCUT2D eigenvalue weighted by molar-refractivity contribution is 5.70. The lowest BCUT2D eigenvalue weighted by molar-refractivity contribution is -0.136. The maximum Gasteiger partial charge on any atom is 0.303 e. The number of hydrogen-bond acceptors (Lipinski definition) is 4. The van der Waals surface area contributed by atoms with Crippen LogP contribution in [0.15, 0.2) is 60.7 Å². The first-order chi connectivity index (χ1) is 18.4. The highest BCUT2D eigenvalue weighted by Crippen LogP contribution is 2.32. The average Bonchev–Trinajstić information content (AvgIpc) is 3.53. The number of likely N-dealkylation sites (tertiary alicyclic amines) is 1. The third-order valence-corrected chi connectivity index (χ3v) is 7.02. The van der Waals surface area contributed by atoms with Gasteiger partial charge in [-0.3, -0.25) is 9.69 Å². The highest BCUT2D eigenvalue weighted by Gasteiger charge is 2.17. The number of carboxylic acids is 1. The van der Waals surface area contributed by atoms with Crippen LogP contribution in [0.2, 0.25) is 0 Å². The number of ether oxygens (including phenoxy) is 2. The van der Waals surface area contributed by atoms with Crippen LogP contribution in [0.5, 0.6) is 11.5 Å². The van der Waals surface area contributed by atoms with Crippen molar-refractivity contribution in [3.8, 4) is 22.6 Å². The number of nitrogens with zero attached hydrogens (tertiary/aromatic N) is 1. The van der Waals surface area contributed by atoms with Gasteiger partial charge in [0.25, 0.3) is 0 Å². The molecule has 5 rings (SSSR count). The lowest BCUT2D eigenvalue weighted by Gasteiger charge is -2.19. The zero-order valence-corrected chi connectivity index (χ0v) is 22.4. The second-order valence-electron chi connectivity index (χ2n) is 10.3. The van der Waals surface area contributed by atoms with E-state index in [1.165, 1.54) is 31.7 Å². The molecule has 0 spiro atoms. The topological polar surface area (TPSA) is 59.0 Å². The summed E-state index contributed by atoms with van der Waals surface area (Å²) in [6, 6.07) is 18.4. The van der Waals surface area contributed by atoms with Crippen LogP contribution in [0.3, 0.4) is 0 Å². The lowest BCUT2D eigenvalue weighted by Crippen LogP contribution is -2.19. The second-order valence-corrected chi connectivity index (χ2v) is 10.3. The fourth-order valence-electron chi connectivity index (χ4n) is 4.53. The fraction of sp³-hybridized carbons (Fsp3) is 0.406. The molecule has 0 aromatic heterocycles. The SMILES string of the molecule is CC1CC1.COc1ccc(F)c(-c2ccc(COc3cccc(CCC(=O)O)c3)cc2CN2CCCC2)c1. The summed E-state index contributed by atoms with van der Waals surface area (Å²) in [6.07, 6.45) is 5.90. The van der Waals surface area contributed by atoms with Gasteiger partial charge in [0.1, 0.15) is 23.9 Å². The van der Waals surface area contributed by atoms with E-state index in [-0.39, 0.29) is 12.2 Å². The zero-order chi connectivity index (χ0) is 26.9. The Morgan fingerprint density at radius 2 is 1.74 bits per heavy atom. The average molecular weight is 520 g/mol. The van der Waals surface area contributed by atoms with E-state index in [1.807, 2.05) is 36.4 Å². The molecule has 0 amide bonds. The van der Waals surface area contributed by atoms with Crippen molar-refractivity contribution in [3.63, 3.8) is 0 Å². The molecule has 1 heterocycles. The van der Waals surface area contributed by atoms with Crippen LogP contribution in [0.4, 0.5) is 4.39 Å². The van der Waals surface area contributed by atoms with Crippen LogP contribution < -0.4 is 9.47 Å². The lowest BCUT2D eigenvalue weighted by atomic mass is 9.96. The largest absolute Gasteiger partial charge is 0.497 e. The molecule has 5 nitrogen and oxygen atoms in total. The molecule has 202 valence electrons. The third-order valence-electron chi connectivity index (χ3n) is 7.02. The number of carboxylic acid groups (broad SMARTS) is 1. The minimum Gasteiger partial charge on any atom is -0.497 e. The second kappa shape index (κ2) is 13.4. The summed E-state index contributed by atoms with van der Waals surface area (Å²) in [5.74, 6) is 1.32. The van der Waals surface area contributed by atoms with Gasteiger partial charge in [0.15, 0.2) is 0 Å². The molecule has 3 aromatic rings. The van der Waals surface area contributed by atoms with E-state index in [2.05, 4.69) is 17.9 Å². The molecule has 0 unspecified atom stereocenters.